The molecule has 0 spiro atoms. The molecule has 0 atom stereocenters. The van der Waals surface area contributed by atoms with Crippen molar-refractivity contribution in [3.05, 3.63) is 28.2 Å². The number of ketones is 1. The van der Waals surface area contributed by atoms with E-state index in [1.165, 1.54) is 0 Å². The van der Waals surface area contributed by atoms with Crippen LogP contribution in [0.4, 0.5) is 0 Å². The summed E-state index contributed by atoms with van der Waals surface area (Å²) >= 11 is 11.8. The zero-order valence-electron chi connectivity index (χ0n) is 11.7. The molecule has 1 aliphatic rings. The van der Waals surface area contributed by atoms with E-state index in [1.807, 2.05) is 0 Å². The second kappa shape index (κ2) is 6.79. The summed E-state index contributed by atoms with van der Waals surface area (Å²) in [4.78, 5) is 12.0. The van der Waals surface area contributed by atoms with Gasteiger partial charge in [0.1, 0.15) is 12.4 Å². The molecule has 3 nitrogen and oxygen atoms in total. The number of ether oxygens (including phenoxy) is 1. The van der Waals surface area contributed by atoms with Crippen molar-refractivity contribution in [2.45, 2.75) is 38.8 Å². The molecule has 0 bridgehead atoms. The minimum atomic E-state index is 0.0699. The van der Waals surface area contributed by atoms with Gasteiger partial charge < -0.3 is 10.1 Å². The molecule has 1 aromatic carbocycles. The van der Waals surface area contributed by atoms with Crippen molar-refractivity contribution in [2.24, 2.45) is 5.92 Å². The van der Waals surface area contributed by atoms with Gasteiger partial charge in [-0.25, -0.2) is 0 Å². The lowest BCUT2D eigenvalue weighted by Crippen LogP contribution is -2.47. The summed E-state index contributed by atoms with van der Waals surface area (Å²) in [6.45, 7) is 4.29. The molecule has 1 aromatic rings. The summed E-state index contributed by atoms with van der Waals surface area (Å²) in [6.07, 6.45) is 1.80. The van der Waals surface area contributed by atoms with Crippen LogP contribution in [0.5, 0.6) is 5.75 Å². The number of rotatable bonds is 6. The summed E-state index contributed by atoms with van der Waals surface area (Å²) in [7, 11) is 0. The highest BCUT2D eigenvalue weighted by Gasteiger charge is 2.34. The number of carbonyl (C=O) groups excluding carboxylic acids is 1. The molecule has 110 valence electrons. The Morgan fingerprint density at radius 3 is 2.70 bits per heavy atom. The molecule has 0 amide bonds. The molecule has 1 fully saturated rings. The molecule has 0 aromatic heterocycles. The molecular formula is C15H19Cl2NO2. The summed E-state index contributed by atoms with van der Waals surface area (Å²) in [5.74, 6) is 0.746. The monoisotopic (exact) mass is 315 g/mol. The van der Waals surface area contributed by atoms with Gasteiger partial charge in [-0.05, 0) is 31.0 Å². The third-order valence-corrected chi connectivity index (χ3v) is 3.96. The van der Waals surface area contributed by atoms with Gasteiger partial charge in [-0.2, -0.15) is 0 Å². The van der Waals surface area contributed by atoms with Crippen LogP contribution in [0.2, 0.25) is 10.0 Å². The summed E-state index contributed by atoms with van der Waals surface area (Å²) in [5.41, 5.74) is 0. The van der Waals surface area contributed by atoms with Crippen molar-refractivity contribution in [1.82, 2.24) is 5.32 Å². The van der Waals surface area contributed by atoms with Crippen molar-refractivity contribution in [1.29, 1.82) is 0 Å². The summed E-state index contributed by atoms with van der Waals surface area (Å²) in [5, 5.41) is 4.40. The van der Waals surface area contributed by atoms with E-state index in [0.717, 1.165) is 12.8 Å². The normalized spacial score (nSPS) is 21.6. The predicted molar refractivity (Wildman–Crippen MR) is 81.7 cm³/mol. The second-order valence-electron chi connectivity index (χ2n) is 5.52. The molecule has 1 aliphatic carbocycles. The molecule has 0 radical (unpaired) electrons. The SMILES string of the molecule is CC(C)NC1CC(C(=O)COc2ccc(Cl)cc2Cl)C1. The Morgan fingerprint density at radius 2 is 2.10 bits per heavy atom. The van der Waals surface area contributed by atoms with E-state index < -0.39 is 0 Å². The number of Topliss-reactive ketones (excluding diaryl/α,β-unsaturated/α-hetero) is 1. The lowest BCUT2D eigenvalue weighted by Gasteiger charge is -2.36. The van der Waals surface area contributed by atoms with Crippen LogP contribution < -0.4 is 10.1 Å². The van der Waals surface area contributed by atoms with Crippen molar-refractivity contribution < 1.29 is 9.53 Å². The van der Waals surface area contributed by atoms with Crippen molar-refractivity contribution in [3.63, 3.8) is 0 Å². The van der Waals surface area contributed by atoms with Gasteiger partial charge in [-0.15, -0.1) is 0 Å². The van der Waals surface area contributed by atoms with Gasteiger partial charge in [0.15, 0.2) is 5.78 Å². The standard InChI is InChI=1S/C15H19Cl2NO2/c1-9(2)18-12-5-10(6-12)14(19)8-20-15-4-3-11(16)7-13(15)17/h3-4,7,9-10,12,18H,5-6,8H2,1-2H3. The first-order valence-electron chi connectivity index (χ1n) is 6.82. The van der Waals surface area contributed by atoms with Gasteiger partial charge in [-0.3, -0.25) is 4.79 Å². The van der Waals surface area contributed by atoms with E-state index in [9.17, 15) is 4.79 Å². The van der Waals surface area contributed by atoms with E-state index in [1.54, 1.807) is 18.2 Å². The second-order valence-corrected chi connectivity index (χ2v) is 6.36. The zero-order chi connectivity index (χ0) is 14.7. The summed E-state index contributed by atoms with van der Waals surface area (Å²) < 4.78 is 5.47. The zero-order valence-corrected chi connectivity index (χ0v) is 13.2. The van der Waals surface area contributed by atoms with E-state index in [4.69, 9.17) is 27.9 Å². The number of benzene rings is 1. The molecule has 20 heavy (non-hydrogen) atoms. The molecule has 2 rings (SSSR count). The number of carbonyl (C=O) groups is 1. The van der Waals surface area contributed by atoms with Gasteiger partial charge >= 0.3 is 0 Å². The van der Waals surface area contributed by atoms with Crippen molar-refractivity contribution >= 4 is 29.0 Å². The van der Waals surface area contributed by atoms with E-state index >= 15 is 0 Å². The first kappa shape index (κ1) is 15.6. The minimum Gasteiger partial charge on any atom is -0.484 e. The molecule has 5 heteroatoms. The molecule has 0 unspecified atom stereocenters. The number of hydrogen-bond donors (Lipinski definition) is 1. The third kappa shape index (κ3) is 4.11. The predicted octanol–water partition coefficient (Wildman–Crippen LogP) is 3.72. The highest BCUT2D eigenvalue weighted by Crippen LogP contribution is 2.30. The first-order valence-corrected chi connectivity index (χ1v) is 7.58. The van der Waals surface area contributed by atoms with E-state index in [0.29, 0.717) is 27.9 Å². The Balaban J connectivity index is 1.76. The Bertz CT molecular complexity index is 485. The molecule has 1 saturated carbocycles. The molecule has 0 saturated heterocycles. The van der Waals surface area contributed by atoms with Crippen LogP contribution >= 0.6 is 23.2 Å². The van der Waals surface area contributed by atoms with Crippen LogP contribution in [0.1, 0.15) is 26.7 Å². The Hall–Kier alpha value is -0.770. The van der Waals surface area contributed by atoms with Crippen LogP contribution in [0.25, 0.3) is 0 Å². The fourth-order valence-corrected chi connectivity index (χ4v) is 2.81. The number of nitrogens with one attached hydrogen (secondary N) is 1. The Kier molecular flexibility index (Phi) is 5.30. The number of hydrogen-bond acceptors (Lipinski definition) is 3. The minimum absolute atomic E-state index is 0.0699. The highest BCUT2D eigenvalue weighted by atomic mass is 35.5. The molecule has 0 heterocycles. The maximum absolute atomic E-state index is 12.0. The maximum atomic E-state index is 12.0. The first-order chi connectivity index (χ1) is 9.45. The van der Waals surface area contributed by atoms with Crippen molar-refractivity contribution in [2.75, 3.05) is 6.61 Å². The lowest BCUT2D eigenvalue weighted by atomic mass is 9.77. The van der Waals surface area contributed by atoms with Crippen molar-refractivity contribution in [3.8, 4) is 5.75 Å². The van der Waals surface area contributed by atoms with E-state index in [2.05, 4.69) is 19.2 Å². The molecule has 0 aliphatic heterocycles. The van der Waals surface area contributed by atoms with Gasteiger partial charge in [0, 0.05) is 23.0 Å². The molecular weight excluding hydrogens is 297 g/mol. The summed E-state index contributed by atoms with van der Waals surface area (Å²) in [6, 6.07) is 5.90. The fourth-order valence-electron chi connectivity index (χ4n) is 2.35. The topological polar surface area (TPSA) is 38.3 Å². The molecule has 1 N–H and O–H groups in total. The third-order valence-electron chi connectivity index (χ3n) is 3.43. The smallest absolute Gasteiger partial charge is 0.173 e. The van der Waals surface area contributed by atoms with Crippen LogP contribution in [0.15, 0.2) is 18.2 Å². The maximum Gasteiger partial charge on any atom is 0.173 e. The van der Waals surface area contributed by atoms with Gasteiger partial charge in [-0.1, -0.05) is 37.0 Å². The fraction of sp³-hybridized carbons (Fsp3) is 0.533. The Morgan fingerprint density at radius 1 is 1.40 bits per heavy atom. The largest absolute Gasteiger partial charge is 0.484 e. The average Bonchev–Trinajstić information content (AvgIpc) is 2.31. The van der Waals surface area contributed by atoms with Crippen LogP contribution in [-0.4, -0.2) is 24.5 Å². The number of halogens is 2. The van der Waals surface area contributed by atoms with Crippen LogP contribution in [0, 0.1) is 5.92 Å². The van der Waals surface area contributed by atoms with Gasteiger partial charge in [0.2, 0.25) is 0 Å². The average molecular weight is 316 g/mol. The highest BCUT2D eigenvalue weighted by molar-refractivity contribution is 6.35. The quantitative estimate of drug-likeness (QED) is 0.869. The van der Waals surface area contributed by atoms with E-state index in [-0.39, 0.29) is 18.3 Å². The Labute approximate surface area is 129 Å². The van der Waals surface area contributed by atoms with Crippen LogP contribution in [-0.2, 0) is 4.79 Å². The van der Waals surface area contributed by atoms with Gasteiger partial charge in [0.05, 0.1) is 5.02 Å². The van der Waals surface area contributed by atoms with Gasteiger partial charge in [0.25, 0.3) is 0 Å². The van der Waals surface area contributed by atoms with Crippen LogP contribution in [0.3, 0.4) is 0 Å². The lowest BCUT2D eigenvalue weighted by molar-refractivity contribution is -0.128.